The summed E-state index contributed by atoms with van der Waals surface area (Å²) < 4.78 is 0. The van der Waals surface area contributed by atoms with Crippen molar-refractivity contribution < 1.29 is 4.79 Å². The van der Waals surface area contributed by atoms with Crippen molar-refractivity contribution in [1.82, 2.24) is 10.6 Å². The van der Waals surface area contributed by atoms with Crippen molar-refractivity contribution in [3.63, 3.8) is 0 Å². The van der Waals surface area contributed by atoms with E-state index in [1.165, 1.54) is 11.3 Å². The lowest BCUT2D eigenvalue weighted by Gasteiger charge is -2.33. The molecule has 98 valence electrons. The molecule has 2 rings (SSSR count). The highest BCUT2D eigenvalue weighted by Gasteiger charge is 2.24. The summed E-state index contributed by atoms with van der Waals surface area (Å²) in [6.45, 7) is 4.88. The van der Waals surface area contributed by atoms with Crippen molar-refractivity contribution in [2.45, 2.75) is 32.4 Å². The quantitative estimate of drug-likeness (QED) is 0.842. The zero-order chi connectivity index (χ0) is 13.1. The fraction of sp³-hybridized carbons (Fsp3) is 0.500. The summed E-state index contributed by atoms with van der Waals surface area (Å²) in [5.41, 5.74) is 2.41. The molecule has 1 aliphatic rings. The van der Waals surface area contributed by atoms with E-state index in [1.807, 2.05) is 26.0 Å². The third kappa shape index (κ3) is 2.75. The minimum Gasteiger partial charge on any atom is -0.374 e. The van der Waals surface area contributed by atoms with Crippen molar-refractivity contribution in [1.29, 1.82) is 0 Å². The largest absolute Gasteiger partial charge is 0.374 e. The number of nitrogens with zero attached hydrogens (tertiary/aromatic N) is 1. The van der Waals surface area contributed by atoms with E-state index >= 15 is 0 Å². The van der Waals surface area contributed by atoms with Crippen LogP contribution in [0.25, 0.3) is 0 Å². The average Bonchev–Trinajstić information content (AvgIpc) is 2.32. The number of anilines is 1. The minimum absolute atomic E-state index is 0.0886. The van der Waals surface area contributed by atoms with Crippen molar-refractivity contribution in [2.75, 3.05) is 18.5 Å². The molecule has 0 spiro atoms. The van der Waals surface area contributed by atoms with Gasteiger partial charge in [0.1, 0.15) is 0 Å². The predicted octanol–water partition coefficient (Wildman–Crippen LogP) is 2.28. The Morgan fingerprint density at radius 3 is 2.83 bits per heavy atom. The SMILES string of the molecule is CC(C)NC(=O)NC1CCN(C)c2ccccc21. The van der Waals surface area contributed by atoms with Gasteiger partial charge < -0.3 is 15.5 Å². The highest BCUT2D eigenvalue weighted by molar-refractivity contribution is 5.75. The Kier molecular flexibility index (Phi) is 3.75. The molecule has 2 amide bonds. The monoisotopic (exact) mass is 247 g/mol. The van der Waals surface area contributed by atoms with Gasteiger partial charge in [-0.2, -0.15) is 0 Å². The molecule has 0 aromatic heterocycles. The first-order valence-electron chi connectivity index (χ1n) is 6.45. The van der Waals surface area contributed by atoms with Gasteiger partial charge in [0, 0.05) is 25.3 Å². The number of nitrogens with one attached hydrogen (secondary N) is 2. The van der Waals surface area contributed by atoms with Crippen LogP contribution in [0.3, 0.4) is 0 Å². The number of para-hydroxylation sites is 1. The molecular weight excluding hydrogens is 226 g/mol. The zero-order valence-electron chi connectivity index (χ0n) is 11.2. The van der Waals surface area contributed by atoms with Crippen LogP contribution < -0.4 is 15.5 Å². The summed E-state index contributed by atoms with van der Waals surface area (Å²) in [6, 6.07) is 8.42. The molecule has 1 heterocycles. The van der Waals surface area contributed by atoms with Crippen LogP contribution in [0.5, 0.6) is 0 Å². The number of rotatable bonds is 2. The Labute approximate surface area is 108 Å². The van der Waals surface area contributed by atoms with Gasteiger partial charge in [0.05, 0.1) is 6.04 Å². The van der Waals surface area contributed by atoms with Crippen LogP contribution in [-0.4, -0.2) is 25.7 Å². The molecule has 0 fully saturated rings. The molecule has 18 heavy (non-hydrogen) atoms. The molecule has 1 aromatic carbocycles. The highest BCUT2D eigenvalue weighted by atomic mass is 16.2. The molecule has 1 aliphatic heterocycles. The summed E-state index contributed by atoms with van der Waals surface area (Å²) in [7, 11) is 2.09. The van der Waals surface area contributed by atoms with E-state index in [0.29, 0.717) is 0 Å². The van der Waals surface area contributed by atoms with Crippen LogP contribution in [0, 0.1) is 0 Å². The van der Waals surface area contributed by atoms with E-state index in [1.54, 1.807) is 0 Å². The molecule has 1 unspecified atom stereocenters. The Bertz CT molecular complexity index is 431. The lowest BCUT2D eigenvalue weighted by molar-refractivity contribution is 0.234. The average molecular weight is 247 g/mol. The first-order valence-corrected chi connectivity index (χ1v) is 6.45. The summed E-state index contributed by atoms with van der Waals surface area (Å²) in [5.74, 6) is 0. The van der Waals surface area contributed by atoms with Crippen molar-refractivity contribution >= 4 is 11.7 Å². The second-order valence-corrected chi connectivity index (χ2v) is 5.09. The van der Waals surface area contributed by atoms with Crippen molar-refractivity contribution in [3.8, 4) is 0 Å². The van der Waals surface area contributed by atoms with Crippen LogP contribution in [0.2, 0.25) is 0 Å². The number of fused-ring (bicyclic) bond motifs is 1. The summed E-state index contributed by atoms with van der Waals surface area (Å²) >= 11 is 0. The fourth-order valence-corrected chi connectivity index (χ4v) is 2.34. The van der Waals surface area contributed by atoms with Gasteiger partial charge in [0.15, 0.2) is 0 Å². The van der Waals surface area contributed by atoms with Crippen LogP contribution in [0.1, 0.15) is 31.9 Å². The molecule has 4 nitrogen and oxygen atoms in total. The maximum absolute atomic E-state index is 11.8. The molecule has 0 aliphatic carbocycles. The van der Waals surface area contributed by atoms with Crippen LogP contribution >= 0.6 is 0 Å². The molecule has 0 saturated carbocycles. The van der Waals surface area contributed by atoms with E-state index in [4.69, 9.17) is 0 Å². The van der Waals surface area contributed by atoms with Crippen molar-refractivity contribution in [2.24, 2.45) is 0 Å². The van der Waals surface area contributed by atoms with Gasteiger partial charge in [0.2, 0.25) is 0 Å². The van der Waals surface area contributed by atoms with E-state index in [2.05, 4.69) is 34.7 Å². The number of amides is 2. The molecule has 1 aromatic rings. The number of hydrogen-bond acceptors (Lipinski definition) is 2. The Balaban J connectivity index is 2.12. The van der Waals surface area contributed by atoms with Gasteiger partial charge in [-0.15, -0.1) is 0 Å². The minimum atomic E-state index is -0.0886. The standard InChI is InChI=1S/C14H21N3O/c1-10(2)15-14(18)16-12-8-9-17(3)13-7-5-4-6-11(12)13/h4-7,10,12H,8-9H2,1-3H3,(H2,15,16,18). The highest BCUT2D eigenvalue weighted by Crippen LogP contribution is 2.32. The fourth-order valence-electron chi connectivity index (χ4n) is 2.34. The molecule has 0 bridgehead atoms. The lowest BCUT2D eigenvalue weighted by Crippen LogP contribution is -2.43. The first kappa shape index (κ1) is 12.7. The third-order valence-corrected chi connectivity index (χ3v) is 3.20. The number of urea groups is 1. The van der Waals surface area contributed by atoms with E-state index in [9.17, 15) is 4.79 Å². The number of hydrogen-bond donors (Lipinski definition) is 2. The van der Waals surface area contributed by atoms with Gasteiger partial charge in [-0.25, -0.2) is 4.79 Å². The Morgan fingerprint density at radius 2 is 2.11 bits per heavy atom. The smallest absolute Gasteiger partial charge is 0.315 e. The van der Waals surface area contributed by atoms with Gasteiger partial charge in [-0.1, -0.05) is 18.2 Å². The van der Waals surface area contributed by atoms with E-state index < -0.39 is 0 Å². The van der Waals surface area contributed by atoms with Gasteiger partial charge >= 0.3 is 6.03 Å². The van der Waals surface area contributed by atoms with E-state index in [0.717, 1.165) is 13.0 Å². The van der Waals surface area contributed by atoms with Gasteiger partial charge in [-0.3, -0.25) is 0 Å². The van der Waals surface area contributed by atoms with E-state index in [-0.39, 0.29) is 18.1 Å². The lowest BCUT2D eigenvalue weighted by atomic mass is 9.97. The molecule has 0 saturated heterocycles. The molecule has 1 atom stereocenters. The second-order valence-electron chi connectivity index (χ2n) is 5.09. The topological polar surface area (TPSA) is 44.4 Å². The molecular formula is C14H21N3O. The zero-order valence-corrected chi connectivity index (χ0v) is 11.2. The molecule has 4 heteroatoms. The maximum Gasteiger partial charge on any atom is 0.315 e. The number of carbonyl (C=O) groups excluding carboxylic acids is 1. The van der Waals surface area contributed by atoms with Gasteiger partial charge in [0.25, 0.3) is 0 Å². The maximum atomic E-state index is 11.8. The Hall–Kier alpha value is -1.71. The van der Waals surface area contributed by atoms with Crippen molar-refractivity contribution in [3.05, 3.63) is 29.8 Å². The van der Waals surface area contributed by atoms with Crippen LogP contribution in [0.4, 0.5) is 10.5 Å². The second kappa shape index (κ2) is 5.29. The number of benzene rings is 1. The molecule has 2 N–H and O–H groups in total. The van der Waals surface area contributed by atoms with Crippen LogP contribution in [-0.2, 0) is 0 Å². The number of carbonyl (C=O) groups is 1. The Morgan fingerprint density at radius 1 is 1.39 bits per heavy atom. The summed E-state index contributed by atoms with van der Waals surface area (Å²) in [4.78, 5) is 14.0. The summed E-state index contributed by atoms with van der Waals surface area (Å²) in [6.07, 6.45) is 0.943. The van der Waals surface area contributed by atoms with Crippen LogP contribution in [0.15, 0.2) is 24.3 Å². The third-order valence-electron chi connectivity index (χ3n) is 3.20. The van der Waals surface area contributed by atoms with Gasteiger partial charge in [-0.05, 0) is 31.9 Å². The predicted molar refractivity (Wildman–Crippen MR) is 73.9 cm³/mol. The first-order chi connectivity index (χ1) is 8.58. The molecule has 0 radical (unpaired) electrons. The normalized spacial score (nSPS) is 18.4. The summed E-state index contributed by atoms with van der Waals surface area (Å²) in [5, 5.41) is 5.92.